The van der Waals surface area contributed by atoms with Crippen LogP contribution in [0.3, 0.4) is 0 Å². The summed E-state index contributed by atoms with van der Waals surface area (Å²) in [6.07, 6.45) is 0. The normalized spacial score (nSPS) is 16.8. The maximum atomic E-state index is 12.5. The number of carbonyl (C=O) groups is 2. The van der Waals surface area contributed by atoms with Crippen molar-refractivity contribution in [2.45, 2.75) is 12.6 Å². The van der Waals surface area contributed by atoms with Crippen molar-refractivity contribution in [1.29, 1.82) is 0 Å². The van der Waals surface area contributed by atoms with Crippen LogP contribution in [0.15, 0.2) is 42.5 Å². The highest BCUT2D eigenvalue weighted by Gasteiger charge is 2.27. The molecule has 33 heavy (non-hydrogen) atoms. The Labute approximate surface area is 193 Å². The number of methoxy groups -OCH3 is 1. The van der Waals surface area contributed by atoms with Crippen molar-refractivity contribution >= 4 is 11.8 Å². The van der Waals surface area contributed by atoms with Gasteiger partial charge in [-0.05, 0) is 42.4 Å². The van der Waals surface area contributed by atoms with Gasteiger partial charge in [0.05, 0.1) is 13.2 Å². The lowest BCUT2D eigenvalue weighted by atomic mass is 10.0. The minimum absolute atomic E-state index is 0.0773. The number of nitrogens with one attached hydrogen (secondary N) is 2. The van der Waals surface area contributed by atoms with Crippen LogP contribution in [0.5, 0.6) is 17.2 Å². The molecule has 176 valence electrons. The lowest BCUT2D eigenvalue weighted by Crippen LogP contribution is -2.49. The zero-order valence-electron chi connectivity index (χ0n) is 19.0. The predicted octanol–water partition coefficient (Wildman–Crippen LogP) is 1.15. The summed E-state index contributed by atoms with van der Waals surface area (Å²) in [6, 6.07) is 13.1. The number of ether oxygens (including phenoxy) is 3. The van der Waals surface area contributed by atoms with Crippen LogP contribution in [0.2, 0.25) is 0 Å². The first kappa shape index (κ1) is 22.9. The number of nitrogens with zero attached hydrogens (tertiary/aromatic N) is 2. The molecule has 0 aromatic heterocycles. The number of piperazine rings is 1. The summed E-state index contributed by atoms with van der Waals surface area (Å²) in [5.74, 6) is 0.853. The summed E-state index contributed by atoms with van der Waals surface area (Å²) in [5, 5.41) is 5.48. The van der Waals surface area contributed by atoms with E-state index in [9.17, 15) is 9.59 Å². The molecule has 2 aromatic carbocycles. The van der Waals surface area contributed by atoms with Crippen LogP contribution < -0.4 is 24.8 Å². The highest BCUT2D eigenvalue weighted by Crippen LogP contribution is 2.35. The van der Waals surface area contributed by atoms with Gasteiger partial charge < -0.3 is 29.7 Å². The van der Waals surface area contributed by atoms with Crippen LogP contribution in [0.25, 0.3) is 0 Å². The number of rotatable bonds is 7. The number of fused-ring (bicyclic) bond motifs is 1. The molecule has 2 heterocycles. The van der Waals surface area contributed by atoms with E-state index < -0.39 is 11.8 Å². The van der Waals surface area contributed by atoms with Gasteiger partial charge in [-0.25, -0.2) is 0 Å². The second-order valence-electron chi connectivity index (χ2n) is 8.21. The summed E-state index contributed by atoms with van der Waals surface area (Å²) in [6.45, 7) is 4.42. The van der Waals surface area contributed by atoms with Gasteiger partial charge in [-0.15, -0.1) is 0 Å². The van der Waals surface area contributed by atoms with Gasteiger partial charge in [0.1, 0.15) is 5.75 Å². The van der Waals surface area contributed by atoms with Gasteiger partial charge in [0.15, 0.2) is 11.5 Å². The van der Waals surface area contributed by atoms with Gasteiger partial charge in [0.2, 0.25) is 6.79 Å². The number of likely N-dealkylation sites (N-methyl/N-ethyl adjacent to an activating group) is 1. The fourth-order valence-corrected chi connectivity index (χ4v) is 3.99. The second kappa shape index (κ2) is 10.5. The molecular weight excluding hydrogens is 424 g/mol. The number of benzene rings is 2. The smallest absolute Gasteiger partial charge is 0.309 e. The third-order valence-corrected chi connectivity index (χ3v) is 6.03. The molecule has 2 amide bonds. The largest absolute Gasteiger partial charge is 0.497 e. The molecular formula is C24H30N4O5. The van der Waals surface area contributed by atoms with Crippen molar-refractivity contribution in [3.05, 3.63) is 53.6 Å². The average Bonchev–Trinajstić information content (AvgIpc) is 3.32. The molecule has 1 unspecified atom stereocenters. The molecule has 2 N–H and O–H groups in total. The third-order valence-electron chi connectivity index (χ3n) is 6.03. The molecule has 9 nitrogen and oxygen atoms in total. The van der Waals surface area contributed by atoms with E-state index in [0.717, 1.165) is 48.8 Å². The Morgan fingerprint density at radius 3 is 2.39 bits per heavy atom. The molecule has 0 spiro atoms. The highest BCUT2D eigenvalue weighted by molar-refractivity contribution is 6.35. The summed E-state index contributed by atoms with van der Waals surface area (Å²) in [7, 11) is 3.70. The van der Waals surface area contributed by atoms with E-state index in [4.69, 9.17) is 14.2 Å². The monoisotopic (exact) mass is 454 g/mol. The SMILES string of the molecule is COc1ccc(CNC(=O)C(=O)NCC(c2ccc3c(c2)OCO3)N2CCN(C)CC2)cc1. The summed E-state index contributed by atoms with van der Waals surface area (Å²) < 4.78 is 16.1. The van der Waals surface area contributed by atoms with Crippen LogP contribution in [-0.2, 0) is 16.1 Å². The summed E-state index contributed by atoms with van der Waals surface area (Å²) in [4.78, 5) is 29.5. The van der Waals surface area contributed by atoms with E-state index in [1.54, 1.807) is 7.11 Å². The first-order valence-corrected chi connectivity index (χ1v) is 11.0. The number of amides is 2. The Morgan fingerprint density at radius 2 is 1.67 bits per heavy atom. The van der Waals surface area contributed by atoms with E-state index in [1.807, 2.05) is 42.5 Å². The highest BCUT2D eigenvalue weighted by atomic mass is 16.7. The maximum Gasteiger partial charge on any atom is 0.309 e. The Hall–Kier alpha value is -3.30. The molecule has 1 atom stereocenters. The predicted molar refractivity (Wildman–Crippen MR) is 122 cm³/mol. The Morgan fingerprint density at radius 1 is 0.970 bits per heavy atom. The molecule has 2 aromatic rings. The molecule has 0 aliphatic carbocycles. The van der Waals surface area contributed by atoms with Crippen molar-refractivity contribution in [3.63, 3.8) is 0 Å². The third kappa shape index (κ3) is 5.74. The average molecular weight is 455 g/mol. The van der Waals surface area contributed by atoms with Gasteiger partial charge in [0.25, 0.3) is 0 Å². The lowest BCUT2D eigenvalue weighted by Gasteiger charge is -2.38. The van der Waals surface area contributed by atoms with Crippen molar-refractivity contribution < 1.29 is 23.8 Å². The maximum absolute atomic E-state index is 12.5. The van der Waals surface area contributed by atoms with Crippen molar-refractivity contribution in [2.24, 2.45) is 0 Å². The lowest BCUT2D eigenvalue weighted by molar-refractivity contribution is -0.139. The van der Waals surface area contributed by atoms with Crippen LogP contribution in [0.4, 0.5) is 0 Å². The zero-order valence-corrected chi connectivity index (χ0v) is 19.0. The van der Waals surface area contributed by atoms with Crippen LogP contribution in [0.1, 0.15) is 17.2 Å². The Balaban J connectivity index is 1.37. The van der Waals surface area contributed by atoms with E-state index in [1.165, 1.54) is 0 Å². The molecule has 0 bridgehead atoms. The molecule has 9 heteroatoms. The molecule has 2 aliphatic rings. The first-order valence-electron chi connectivity index (χ1n) is 11.0. The van der Waals surface area contributed by atoms with Gasteiger partial charge in [-0.1, -0.05) is 18.2 Å². The standard InChI is InChI=1S/C24H30N4O5/c1-27-9-11-28(12-10-27)20(18-5-8-21-22(13-18)33-16-32-21)15-26-24(30)23(29)25-14-17-3-6-19(31-2)7-4-17/h3-8,13,20H,9-12,14-16H2,1-2H3,(H,25,29)(H,26,30). The van der Waals surface area contributed by atoms with E-state index in [0.29, 0.717) is 12.3 Å². The van der Waals surface area contributed by atoms with Gasteiger partial charge in [0, 0.05) is 39.3 Å². The number of hydrogen-bond acceptors (Lipinski definition) is 7. The fourth-order valence-electron chi connectivity index (χ4n) is 3.99. The van der Waals surface area contributed by atoms with Crippen LogP contribution >= 0.6 is 0 Å². The Bertz CT molecular complexity index is 973. The number of carbonyl (C=O) groups excluding carboxylic acids is 2. The van der Waals surface area contributed by atoms with E-state index >= 15 is 0 Å². The molecule has 2 aliphatic heterocycles. The van der Waals surface area contributed by atoms with Crippen molar-refractivity contribution in [3.8, 4) is 17.2 Å². The molecule has 1 saturated heterocycles. The Kier molecular flexibility index (Phi) is 7.31. The minimum atomic E-state index is -0.659. The molecule has 4 rings (SSSR count). The summed E-state index contributed by atoms with van der Waals surface area (Å²) >= 11 is 0. The zero-order chi connectivity index (χ0) is 23.2. The molecule has 0 radical (unpaired) electrons. The van der Waals surface area contributed by atoms with Crippen molar-refractivity contribution in [2.75, 3.05) is 53.7 Å². The van der Waals surface area contributed by atoms with Crippen LogP contribution in [0, 0.1) is 0 Å². The topological polar surface area (TPSA) is 92.4 Å². The van der Waals surface area contributed by atoms with Crippen molar-refractivity contribution in [1.82, 2.24) is 20.4 Å². The van der Waals surface area contributed by atoms with E-state index in [-0.39, 0.29) is 19.4 Å². The number of hydrogen-bond donors (Lipinski definition) is 2. The van der Waals surface area contributed by atoms with Crippen LogP contribution in [-0.4, -0.2) is 75.3 Å². The first-order chi connectivity index (χ1) is 16.0. The molecule has 1 fully saturated rings. The second-order valence-corrected chi connectivity index (χ2v) is 8.21. The quantitative estimate of drug-likeness (QED) is 0.607. The van der Waals surface area contributed by atoms with Gasteiger partial charge in [-0.2, -0.15) is 0 Å². The van der Waals surface area contributed by atoms with Gasteiger partial charge >= 0.3 is 11.8 Å². The molecule has 0 saturated carbocycles. The fraction of sp³-hybridized carbons (Fsp3) is 0.417. The van der Waals surface area contributed by atoms with E-state index in [2.05, 4.69) is 27.5 Å². The van der Waals surface area contributed by atoms with Gasteiger partial charge in [-0.3, -0.25) is 14.5 Å². The minimum Gasteiger partial charge on any atom is -0.497 e. The summed E-state index contributed by atoms with van der Waals surface area (Å²) in [5.41, 5.74) is 1.90.